The summed E-state index contributed by atoms with van der Waals surface area (Å²) in [6.45, 7) is -0.0755. The Morgan fingerprint density at radius 2 is 1.77 bits per heavy atom. The van der Waals surface area contributed by atoms with Gasteiger partial charge in [-0.3, -0.25) is 0 Å². The van der Waals surface area contributed by atoms with Crippen LogP contribution in [0.25, 0.3) is 0 Å². The van der Waals surface area contributed by atoms with Gasteiger partial charge in [-0.25, -0.2) is 8.42 Å². The van der Waals surface area contributed by atoms with Gasteiger partial charge in [0.05, 0.1) is 42.1 Å². The van der Waals surface area contributed by atoms with Crippen LogP contribution in [0.4, 0.5) is 0 Å². The summed E-state index contributed by atoms with van der Waals surface area (Å²) in [5.41, 5.74) is 0. The largest absolute Gasteiger partial charge is 1.00 e. The molecule has 1 saturated heterocycles. The van der Waals surface area contributed by atoms with Crippen LogP contribution in [0.3, 0.4) is 0 Å². The molecule has 10 nitrogen and oxygen atoms in total. The molecule has 26 heavy (non-hydrogen) atoms. The average molecular weight is 406 g/mol. The van der Waals surface area contributed by atoms with Crippen LogP contribution < -0.4 is 29.6 Å². The molecule has 0 aliphatic carbocycles. The minimum Gasteiger partial charge on any atom is -0.748 e. The van der Waals surface area contributed by atoms with Crippen molar-refractivity contribution in [2.24, 2.45) is 5.92 Å². The molecule has 0 N–H and O–H groups in total. The molecule has 0 amide bonds. The van der Waals surface area contributed by atoms with Gasteiger partial charge in [-0.1, -0.05) is 0 Å². The smallest absolute Gasteiger partial charge is 0.748 e. The van der Waals surface area contributed by atoms with Crippen molar-refractivity contribution in [1.82, 2.24) is 0 Å². The number of ether oxygens (including phenoxy) is 6. The summed E-state index contributed by atoms with van der Waals surface area (Å²) in [5, 5.41) is 0. The molecule has 5 unspecified atom stereocenters. The van der Waals surface area contributed by atoms with Gasteiger partial charge in [0.2, 0.25) is 0 Å². The zero-order chi connectivity index (χ0) is 19.0. The predicted octanol–water partition coefficient (Wildman–Crippen LogP) is -3.74. The maximum Gasteiger partial charge on any atom is 1.00 e. The van der Waals surface area contributed by atoms with Crippen LogP contribution in [-0.2, 0) is 43.3 Å². The van der Waals surface area contributed by atoms with E-state index in [0.29, 0.717) is 12.0 Å². The summed E-state index contributed by atoms with van der Waals surface area (Å²) in [6.07, 6.45) is -2.20. The molecule has 1 rings (SSSR count). The average Bonchev–Trinajstić information content (AvgIpc) is 2.56. The SMILES string of the molecule is COC=C(COC1OC(CS(=O)(=O)[O-])C(C=O)C(OC)C1OC)OC.[Na+]. The molecule has 5 atom stereocenters. The van der Waals surface area contributed by atoms with Crippen molar-refractivity contribution >= 4 is 16.4 Å². The molecular weight excluding hydrogens is 383 g/mol. The Morgan fingerprint density at radius 3 is 2.19 bits per heavy atom. The summed E-state index contributed by atoms with van der Waals surface area (Å²) in [4.78, 5) is 11.4. The number of carbonyl (C=O) groups excluding carboxylic acids is 1. The molecule has 1 aliphatic rings. The molecule has 146 valence electrons. The van der Waals surface area contributed by atoms with Crippen LogP contribution in [0.15, 0.2) is 12.0 Å². The minimum absolute atomic E-state index is 0. The summed E-state index contributed by atoms with van der Waals surface area (Å²) in [5.74, 6) is -1.56. The summed E-state index contributed by atoms with van der Waals surface area (Å²) in [6, 6.07) is 0. The third kappa shape index (κ3) is 7.41. The maximum absolute atomic E-state index is 11.4. The molecule has 1 fully saturated rings. The molecule has 0 spiro atoms. The predicted molar refractivity (Wildman–Crippen MR) is 82.4 cm³/mol. The topological polar surface area (TPSA) is 130 Å². The van der Waals surface area contributed by atoms with Crippen molar-refractivity contribution in [2.75, 3.05) is 40.8 Å². The van der Waals surface area contributed by atoms with Crippen molar-refractivity contribution in [3.63, 3.8) is 0 Å². The van der Waals surface area contributed by atoms with Gasteiger partial charge in [-0.15, -0.1) is 0 Å². The van der Waals surface area contributed by atoms with Crippen molar-refractivity contribution in [1.29, 1.82) is 0 Å². The van der Waals surface area contributed by atoms with Crippen molar-refractivity contribution < 1.29 is 75.7 Å². The second-order valence-electron chi connectivity index (χ2n) is 5.22. The van der Waals surface area contributed by atoms with E-state index in [2.05, 4.69) is 0 Å². The van der Waals surface area contributed by atoms with E-state index in [1.807, 2.05) is 0 Å². The Hall–Kier alpha value is -0.240. The van der Waals surface area contributed by atoms with E-state index in [0.717, 1.165) is 0 Å². The molecule has 1 aliphatic heterocycles. The molecule has 0 saturated carbocycles. The minimum atomic E-state index is -4.63. The van der Waals surface area contributed by atoms with Crippen LogP contribution in [0, 0.1) is 5.92 Å². The van der Waals surface area contributed by atoms with E-state index >= 15 is 0 Å². The molecule has 1 heterocycles. The number of rotatable bonds is 10. The number of carbonyl (C=O) groups is 1. The standard InChI is InChI=1S/C14H24O10S.Na/c1-19-6-9(20-2)7-23-14-13(22-4)12(21-3)10(5-15)11(24-14)8-25(16,17)18;/h5-6,10-14H,7-8H2,1-4H3,(H,16,17,18);/q;+1/p-1. The monoisotopic (exact) mass is 406 g/mol. The van der Waals surface area contributed by atoms with Gasteiger partial charge in [0, 0.05) is 14.2 Å². The molecule has 0 bridgehead atoms. The quantitative estimate of drug-likeness (QED) is 0.154. The molecule has 0 aromatic rings. The first-order chi connectivity index (χ1) is 11.8. The van der Waals surface area contributed by atoms with Crippen molar-refractivity contribution in [3.8, 4) is 0 Å². The van der Waals surface area contributed by atoms with E-state index in [1.165, 1.54) is 34.7 Å². The summed E-state index contributed by atoms with van der Waals surface area (Å²) < 4.78 is 64.8. The van der Waals surface area contributed by atoms with Gasteiger partial charge >= 0.3 is 29.6 Å². The number of hydrogen-bond acceptors (Lipinski definition) is 10. The van der Waals surface area contributed by atoms with Crippen LogP contribution in [0.5, 0.6) is 0 Å². The fraction of sp³-hybridized carbons (Fsp3) is 0.786. The zero-order valence-electron chi connectivity index (χ0n) is 15.4. The first kappa shape index (κ1) is 25.8. The third-order valence-electron chi connectivity index (χ3n) is 3.68. The molecule has 0 radical (unpaired) electrons. The zero-order valence-corrected chi connectivity index (χ0v) is 18.3. The van der Waals surface area contributed by atoms with Gasteiger partial charge in [-0.2, -0.15) is 0 Å². The van der Waals surface area contributed by atoms with Crippen LogP contribution in [0.1, 0.15) is 0 Å². The Bertz CT molecular complexity index is 552. The Kier molecular flexibility index (Phi) is 12.2. The third-order valence-corrected chi connectivity index (χ3v) is 4.42. The fourth-order valence-corrected chi connectivity index (χ4v) is 3.25. The maximum atomic E-state index is 11.4. The van der Waals surface area contributed by atoms with E-state index in [-0.39, 0.29) is 36.2 Å². The van der Waals surface area contributed by atoms with E-state index in [9.17, 15) is 17.8 Å². The van der Waals surface area contributed by atoms with Gasteiger partial charge in [0.1, 0.15) is 31.4 Å². The van der Waals surface area contributed by atoms with E-state index in [1.54, 1.807) is 0 Å². The summed E-state index contributed by atoms with van der Waals surface area (Å²) in [7, 11) is 0.914. The Morgan fingerprint density at radius 1 is 1.15 bits per heavy atom. The van der Waals surface area contributed by atoms with Crippen LogP contribution in [0.2, 0.25) is 0 Å². The first-order valence-corrected chi connectivity index (χ1v) is 8.86. The van der Waals surface area contributed by atoms with Gasteiger partial charge in [0.25, 0.3) is 0 Å². The second kappa shape index (κ2) is 12.3. The summed E-state index contributed by atoms with van der Waals surface area (Å²) >= 11 is 0. The Balaban J connectivity index is 0.00000625. The van der Waals surface area contributed by atoms with Gasteiger partial charge in [-0.05, 0) is 0 Å². The normalized spacial score (nSPS) is 29.6. The molecular formula is C14H23NaO10S. The van der Waals surface area contributed by atoms with E-state index < -0.39 is 46.4 Å². The van der Waals surface area contributed by atoms with Gasteiger partial charge in [0.15, 0.2) is 12.0 Å². The van der Waals surface area contributed by atoms with Crippen molar-refractivity contribution in [3.05, 3.63) is 12.0 Å². The first-order valence-electron chi connectivity index (χ1n) is 7.28. The van der Waals surface area contributed by atoms with Gasteiger partial charge < -0.3 is 37.8 Å². The second-order valence-corrected chi connectivity index (χ2v) is 6.67. The molecule has 12 heteroatoms. The Labute approximate surface area is 175 Å². The van der Waals surface area contributed by atoms with Crippen molar-refractivity contribution in [2.45, 2.75) is 24.6 Å². The fourth-order valence-electron chi connectivity index (χ4n) is 2.55. The number of methoxy groups -OCH3 is 4. The molecule has 0 aromatic carbocycles. The molecule has 0 aromatic heterocycles. The van der Waals surface area contributed by atoms with Crippen LogP contribution in [-0.4, -0.2) is 84.7 Å². The number of hydrogen-bond donors (Lipinski definition) is 0. The van der Waals surface area contributed by atoms with E-state index in [4.69, 9.17) is 28.4 Å². The van der Waals surface area contributed by atoms with Crippen LogP contribution >= 0.6 is 0 Å². The number of aldehydes is 1.